The Bertz CT molecular complexity index is 721. The summed E-state index contributed by atoms with van der Waals surface area (Å²) < 4.78 is 13.0. The SMILES string of the molecule is C[NH+](CC(=O)NC(C)(C)C)CC(=O)N(CC(=O)Nc1ccc(F)cc1)C(C)(C)C. The summed E-state index contributed by atoms with van der Waals surface area (Å²) in [6, 6.07) is 5.43. The van der Waals surface area contributed by atoms with Gasteiger partial charge in [-0.3, -0.25) is 14.4 Å². The van der Waals surface area contributed by atoms with E-state index in [0.717, 1.165) is 4.90 Å². The van der Waals surface area contributed by atoms with Gasteiger partial charge in [0.15, 0.2) is 13.1 Å². The summed E-state index contributed by atoms with van der Waals surface area (Å²) >= 11 is 0. The third-order valence-electron chi connectivity index (χ3n) is 3.97. The van der Waals surface area contributed by atoms with Gasteiger partial charge in [-0.2, -0.15) is 0 Å². The van der Waals surface area contributed by atoms with Gasteiger partial charge in [0, 0.05) is 16.8 Å². The number of halogens is 1. The van der Waals surface area contributed by atoms with Crippen LogP contribution in [0.1, 0.15) is 41.5 Å². The number of quaternary nitrogens is 1. The Balaban J connectivity index is 2.71. The number of amides is 3. The molecule has 0 heterocycles. The van der Waals surface area contributed by atoms with Gasteiger partial charge in [-0.05, 0) is 65.8 Å². The van der Waals surface area contributed by atoms with Crippen LogP contribution in [0.25, 0.3) is 0 Å². The summed E-state index contributed by atoms with van der Waals surface area (Å²) in [7, 11) is 1.76. The Morgan fingerprint density at radius 2 is 1.52 bits per heavy atom. The smallest absolute Gasteiger partial charge is 0.278 e. The van der Waals surface area contributed by atoms with E-state index in [9.17, 15) is 18.8 Å². The van der Waals surface area contributed by atoms with Gasteiger partial charge < -0.3 is 20.4 Å². The molecule has 0 aliphatic rings. The Morgan fingerprint density at radius 1 is 0.966 bits per heavy atom. The fraction of sp³-hybridized carbons (Fsp3) is 0.571. The Hall–Kier alpha value is -2.48. The second-order valence-electron chi connectivity index (χ2n) is 9.31. The van der Waals surface area contributed by atoms with Crippen molar-refractivity contribution < 1.29 is 23.7 Å². The number of nitrogens with zero attached hydrogens (tertiary/aromatic N) is 1. The van der Waals surface area contributed by atoms with E-state index in [1.807, 2.05) is 41.5 Å². The highest BCUT2D eigenvalue weighted by molar-refractivity contribution is 5.94. The zero-order chi connectivity index (χ0) is 22.4. The number of carbonyl (C=O) groups excluding carboxylic acids is 3. The van der Waals surface area contributed by atoms with Crippen molar-refractivity contribution in [2.45, 2.75) is 52.6 Å². The molecule has 8 heteroatoms. The van der Waals surface area contributed by atoms with Crippen LogP contribution in [0, 0.1) is 5.82 Å². The summed E-state index contributed by atoms with van der Waals surface area (Å²) in [6.45, 7) is 11.3. The maximum absolute atomic E-state index is 13.0. The van der Waals surface area contributed by atoms with Gasteiger partial charge in [-0.15, -0.1) is 0 Å². The van der Waals surface area contributed by atoms with Crippen LogP contribution in [0.4, 0.5) is 10.1 Å². The van der Waals surface area contributed by atoms with Crippen LogP contribution in [0.2, 0.25) is 0 Å². The van der Waals surface area contributed by atoms with Crippen molar-refractivity contribution in [3.05, 3.63) is 30.1 Å². The van der Waals surface area contributed by atoms with E-state index < -0.39 is 11.4 Å². The minimum Gasteiger partial charge on any atom is -0.347 e. The van der Waals surface area contributed by atoms with Gasteiger partial charge >= 0.3 is 0 Å². The van der Waals surface area contributed by atoms with Crippen LogP contribution in [0.15, 0.2) is 24.3 Å². The highest BCUT2D eigenvalue weighted by Gasteiger charge is 2.31. The largest absolute Gasteiger partial charge is 0.347 e. The molecule has 0 fully saturated rings. The molecule has 1 atom stereocenters. The molecule has 0 saturated carbocycles. The Kier molecular flexibility index (Phi) is 8.32. The van der Waals surface area contributed by atoms with E-state index in [1.165, 1.54) is 29.2 Å². The van der Waals surface area contributed by atoms with E-state index in [-0.39, 0.29) is 42.9 Å². The van der Waals surface area contributed by atoms with Crippen LogP contribution >= 0.6 is 0 Å². The number of likely N-dealkylation sites (N-methyl/N-ethyl adjacent to an activating group) is 1. The van der Waals surface area contributed by atoms with Crippen molar-refractivity contribution in [1.29, 1.82) is 0 Å². The molecule has 0 aliphatic heterocycles. The van der Waals surface area contributed by atoms with Gasteiger partial charge in [-0.25, -0.2) is 4.39 Å². The van der Waals surface area contributed by atoms with Gasteiger partial charge in [0.1, 0.15) is 12.4 Å². The van der Waals surface area contributed by atoms with Gasteiger partial charge in [0.05, 0.1) is 7.05 Å². The molecule has 29 heavy (non-hydrogen) atoms. The van der Waals surface area contributed by atoms with E-state index in [2.05, 4.69) is 10.6 Å². The number of hydrogen-bond donors (Lipinski definition) is 3. The molecule has 1 aromatic carbocycles. The second kappa shape index (κ2) is 9.82. The molecule has 0 bridgehead atoms. The lowest BCUT2D eigenvalue weighted by atomic mass is 10.1. The fourth-order valence-corrected chi connectivity index (χ4v) is 2.73. The standard InChI is InChI=1S/C21H33FN4O3/c1-20(2,3)24-18(28)12-25(7)14-19(29)26(21(4,5)6)13-17(27)23-16-10-8-15(22)9-11-16/h8-11H,12-14H2,1-7H3,(H,23,27)(H,24,28)/p+1. The topological polar surface area (TPSA) is 83.0 Å². The molecule has 0 radical (unpaired) electrons. The number of carbonyl (C=O) groups is 3. The van der Waals surface area contributed by atoms with Crippen LogP contribution in [0.3, 0.4) is 0 Å². The third kappa shape index (κ3) is 9.51. The van der Waals surface area contributed by atoms with E-state index in [0.29, 0.717) is 5.69 Å². The van der Waals surface area contributed by atoms with Gasteiger partial charge in [0.2, 0.25) is 5.91 Å². The molecule has 0 saturated heterocycles. The van der Waals surface area contributed by atoms with Crippen molar-refractivity contribution in [1.82, 2.24) is 10.2 Å². The van der Waals surface area contributed by atoms with Crippen molar-refractivity contribution in [2.24, 2.45) is 0 Å². The first kappa shape index (κ1) is 24.6. The average molecular weight is 410 g/mol. The maximum Gasteiger partial charge on any atom is 0.278 e. The lowest BCUT2D eigenvalue weighted by Crippen LogP contribution is -3.11. The number of benzene rings is 1. The molecular formula is C21H34FN4O3+. The van der Waals surface area contributed by atoms with Crippen LogP contribution in [0.5, 0.6) is 0 Å². The number of rotatable bonds is 7. The molecule has 7 nitrogen and oxygen atoms in total. The molecule has 1 rings (SSSR count). The van der Waals surface area contributed by atoms with Gasteiger partial charge in [0.25, 0.3) is 11.8 Å². The fourth-order valence-electron chi connectivity index (χ4n) is 2.73. The summed E-state index contributed by atoms with van der Waals surface area (Å²) in [5, 5.41) is 5.54. The minimum atomic E-state index is -0.578. The highest BCUT2D eigenvalue weighted by atomic mass is 19.1. The Labute approximate surface area is 172 Å². The molecular weight excluding hydrogens is 375 g/mol. The lowest BCUT2D eigenvalue weighted by Gasteiger charge is -2.35. The summed E-state index contributed by atoms with van der Waals surface area (Å²) in [4.78, 5) is 39.5. The normalized spacial score (nSPS) is 12.8. The molecule has 1 aromatic rings. The number of anilines is 1. The van der Waals surface area contributed by atoms with E-state index in [1.54, 1.807) is 7.05 Å². The molecule has 0 aromatic heterocycles. The first-order chi connectivity index (χ1) is 13.2. The van der Waals surface area contributed by atoms with Gasteiger partial charge in [-0.1, -0.05) is 0 Å². The predicted molar refractivity (Wildman–Crippen MR) is 111 cm³/mol. The summed E-state index contributed by atoms with van der Waals surface area (Å²) in [5.74, 6) is -1.13. The van der Waals surface area contributed by atoms with Crippen molar-refractivity contribution in [2.75, 3.05) is 32.0 Å². The van der Waals surface area contributed by atoms with Crippen molar-refractivity contribution in [3.8, 4) is 0 Å². The number of hydrogen-bond acceptors (Lipinski definition) is 3. The van der Waals surface area contributed by atoms with E-state index >= 15 is 0 Å². The second-order valence-corrected chi connectivity index (χ2v) is 9.31. The summed E-state index contributed by atoms with van der Waals surface area (Å²) in [5.41, 5.74) is -0.457. The van der Waals surface area contributed by atoms with Crippen LogP contribution in [-0.2, 0) is 14.4 Å². The third-order valence-corrected chi connectivity index (χ3v) is 3.97. The molecule has 1 unspecified atom stereocenters. The first-order valence-electron chi connectivity index (χ1n) is 9.65. The molecule has 0 spiro atoms. The number of nitrogens with one attached hydrogen (secondary N) is 3. The quantitative estimate of drug-likeness (QED) is 0.624. The monoisotopic (exact) mass is 409 g/mol. The zero-order valence-corrected chi connectivity index (χ0v) is 18.5. The van der Waals surface area contributed by atoms with Crippen molar-refractivity contribution in [3.63, 3.8) is 0 Å². The van der Waals surface area contributed by atoms with Crippen LogP contribution in [-0.4, -0.2) is 60.4 Å². The molecule has 3 amide bonds. The highest BCUT2D eigenvalue weighted by Crippen LogP contribution is 2.14. The first-order valence-corrected chi connectivity index (χ1v) is 9.65. The Morgan fingerprint density at radius 3 is 2.00 bits per heavy atom. The minimum absolute atomic E-state index is 0.0820. The molecule has 162 valence electrons. The van der Waals surface area contributed by atoms with Crippen LogP contribution < -0.4 is 15.5 Å². The maximum atomic E-state index is 13.0. The summed E-state index contributed by atoms with van der Waals surface area (Å²) in [6.07, 6.45) is 0. The average Bonchev–Trinajstić information content (AvgIpc) is 2.51. The predicted octanol–water partition coefficient (Wildman–Crippen LogP) is 0.821. The molecule has 3 N–H and O–H groups in total. The van der Waals surface area contributed by atoms with E-state index in [4.69, 9.17) is 0 Å². The zero-order valence-electron chi connectivity index (χ0n) is 18.5. The molecule has 0 aliphatic carbocycles. The lowest BCUT2D eigenvalue weighted by molar-refractivity contribution is -0.863. The van der Waals surface area contributed by atoms with Crippen molar-refractivity contribution >= 4 is 23.4 Å².